The summed E-state index contributed by atoms with van der Waals surface area (Å²) in [5.41, 5.74) is 10.4. The quantitative estimate of drug-likeness (QED) is 0.737. The largest absolute Gasteiger partial charge is 0.508 e. The Balaban J connectivity index is 2.02. The summed E-state index contributed by atoms with van der Waals surface area (Å²) in [5.74, 6) is 2.23. The Labute approximate surface area is 152 Å². The molecule has 3 aromatic rings. The van der Waals surface area contributed by atoms with Crippen molar-refractivity contribution in [2.75, 3.05) is 23.7 Å². The molecule has 3 heterocycles. The van der Waals surface area contributed by atoms with Crippen LogP contribution in [0, 0.1) is 19.8 Å². The van der Waals surface area contributed by atoms with E-state index in [1.807, 2.05) is 26.0 Å². The van der Waals surface area contributed by atoms with E-state index in [2.05, 4.69) is 21.8 Å². The van der Waals surface area contributed by atoms with Crippen molar-refractivity contribution >= 4 is 22.5 Å². The van der Waals surface area contributed by atoms with Crippen molar-refractivity contribution in [1.82, 2.24) is 15.0 Å². The van der Waals surface area contributed by atoms with Gasteiger partial charge in [0, 0.05) is 29.6 Å². The molecule has 0 spiro atoms. The average Bonchev–Trinajstić information content (AvgIpc) is 3.05. The number of nitrogens with zero attached hydrogens (tertiary/aromatic N) is 4. The maximum absolute atomic E-state index is 10.2. The zero-order valence-corrected chi connectivity index (χ0v) is 15.3. The standard InChI is InChI=1S/C20H23N5O/c1-11-6-7-25(9-11)16-8-14-18(22-10-23-20(14)21)19(24-16)17-12(2)4-5-15(26)13(17)3/h4-5,8,10-11,26H,6-7,9H2,1-3H3,(H2,21,22,23). The first kappa shape index (κ1) is 16.6. The van der Waals surface area contributed by atoms with Crippen LogP contribution in [0.3, 0.4) is 0 Å². The van der Waals surface area contributed by atoms with E-state index in [-0.39, 0.29) is 5.75 Å². The third kappa shape index (κ3) is 2.62. The van der Waals surface area contributed by atoms with Crippen LogP contribution in [-0.2, 0) is 0 Å². The van der Waals surface area contributed by atoms with Crippen molar-refractivity contribution in [3.63, 3.8) is 0 Å². The van der Waals surface area contributed by atoms with Gasteiger partial charge in [0.15, 0.2) is 0 Å². The number of phenolic OH excluding ortho intramolecular Hbond substituents is 1. The van der Waals surface area contributed by atoms with Crippen LogP contribution in [0.1, 0.15) is 24.5 Å². The Hall–Kier alpha value is -2.89. The fourth-order valence-corrected chi connectivity index (χ4v) is 3.75. The summed E-state index contributed by atoms with van der Waals surface area (Å²) in [6.45, 7) is 8.13. The van der Waals surface area contributed by atoms with E-state index in [4.69, 9.17) is 10.7 Å². The summed E-state index contributed by atoms with van der Waals surface area (Å²) in [5, 5.41) is 11.0. The van der Waals surface area contributed by atoms with E-state index >= 15 is 0 Å². The van der Waals surface area contributed by atoms with Crippen molar-refractivity contribution in [3.8, 4) is 17.0 Å². The van der Waals surface area contributed by atoms with Gasteiger partial charge in [0.1, 0.15) is 29.2 Å². The molecule has 0 bridgehead atoms. The van der Waals surface area contributed by atoms with E-state index in [1.165, 1.54) is 6.33 Å². The number of pyridine rings is 1. The molecule has 0 radical (unpaired) electrons. The molecule has 1 aliphatic rings. The molecule has 6 heteroatoms. The second-order valence-electron chi connectivity index (χ2n) is 7.23. The van der Waals surface area contributed by atoms with E-state index in [0.29, 0.717) is 17.3 Å². The van der Waals surface area contributed by atoms with Gasteiger partial charge in [-0.1, -0.05) is 13.0 Å². The van der Waals surface area contributed by atoms with E-state index in [9.17, 15) is 5.11 Å². The van der Waals surface area contributed by atoms with Crippen molar-refractivity contribution in [3.05, 3.63) is 35.7 Å². The monoisotopic (exact) mass is 349 g/mol. The number of rotatable bonds is 2. The Morgan fingerprint density at radius 1 is 1.23 bits per heavy atom. The smallest absolute Gasteiger partial charge is 0.134 e. The number of hydrogen-bond acceptors (Lipinski definition) is 6. The van der Waals surface area contributed by atoms with Crippen molar-refractivity contribution < 1.29 is 5.11 Å². The van der Waals surface area contributed by atoms with Crippen LogP contribution in [0.15, 0.2) is 24.5 Å². The van der Waals surface area contributed by atoms with Gasteiger partial charge in [-0.3, -0.25) is 0 Å². The Morgan fingerprint density at radius 2 is 2.04 bits per heavy atom. The minimum atomic E-state index is 0.253. The molecule has 26 heavy (non-hydrogen) atoms. The summed E-state index contributed by atoms with van der Waals surface area (Å²) in [6.07, 6.45) is 2.62. The van der Waals surface area contributed by atoms with E-state index in [0.717, 1.165) is 53.1 Å². The highest BCUT2D eigenvalue weighted by atomic mass is 16.3. The molecule has 0 saturated carbocycles. The first-order chi connectivity index (χ1) is 12.5. The molecule has 3 N–H and O–H groups in total. The maximum Gasteiger partial charge on any atom is 0.134 e. The van der Waals surface area contributed by atoms with Crippen LogP contribution < -0.4 is 10.6 Å². The molecule has 0 amide bonds. The first-order valence-corrected chi connectivity index (χ1v) is 8.91. The summed E-state index contributed by atoms with van der Waals surface area (Å²) >= 11 is 0. The summed E-state index contributed by atoms with van der Waals surface area (Å²) < 4.78 is 0. The van der Waals surface area contributed by atoms with Crippen LogP contribution >= 0.6 is 0 Å². The zero-order chi connectivity index (χ0) is 18.4. The number of fused-ring (bicyclic) bond motifs is 1. The molecule has 1 aromatic carbocycles. The Kier molecular flexibility index (Phi) is 3.90. The molecule has 2 aromatic heterocycles. The lowest BCUT2D eigenvalue weighted by Gasteiger charge is -2.20. The van der Waals surface area contributed by atoms with Gasteiger partial charge in [0.05, 0.1) is 5.69 Å². The van der Waals surface area contributed by atoms with E-state index in [1.54, 1.807) is 6.07 Å². The minimum Gasteiger partial charge on any atom is -0.508 e. The van der Waals surface area contributed by atoms with Gasteiger partial charge in [-0.25, -0.2) is 15.0 Å². The zero-order valence-electron chi connectivity index (χ0n) is 15.3. The number of nitrogen functional groups attached to an aromatic ring is 1. The number of aryl methyl sites for hydroxylation is 1. The van der Waals surface area contributed by atoms with Gasteiger partial charge in [-0.05, 0) is 43.9 Å². The van der Waals surface area contributed by atoms with Crippen molar-refractivity contribution in [1.29, 1.82) is 0 Å². The van der Waals surface area contributed by atoms with Crippen LogP contribution in [0.25, 0.3) is 22.2 Å². The fourth-order valence-electron chi connectivity index (χ4n) is 3.75. The van der Waals surface area contributed by atoms with Gasteiger partial charge in [0.2, 0.25) is 0 Å². The minimum absolute atomic E-state index is 0.253. The molecular formula is C20H23N5O. The van der Waals surface area contributed by atoms with Gasteiger partial charge >= 0.3 is 0 Å². The molecule has 6 nitrogen and oxygen atoms in total. The second-order valence-corrected chi connectivity index (χ2v) is 7.23. The number of nitrogens with two attached hydrogens (primary N) is 1. The number of phenols is 1. The molecule has 0 aliphatic carbocycles. The third-order valence-electron chi connectivity index (χ3n) is 5.27. The molecule has 1 atom stereocenters. The van der Waals surface area contributed by atoms with E-state index < -0.39 is 0 Å². The normalized spacial score (nSPS) is 17.2. The number of hydrogen-bond donors (Lipinski definition) is 2. The Bertz CT molecular complexity index is 1000. The van der Waals surface area contributed by atoms with Gasteiger partial charge in [-0.2, -0.15) is 0 Å². The predicted octanol–water partition coefficient (Wildman–Crippen LogP) is 3.44. The fraction of sp³-hybridized carbons (Fsp3) is 0.350. The summed E-state index contributed by atoms with van der Waals surface area (Å²) in [6, 6.07) is 5.60. The molecule has 134 valence electrons. The second kappa shape index (κ2) is 6.12. The summed E-state index contributed by atoms with van der Waals surface area (Å²) in [7, 11) is 0. The Morgan fingerprint density at radius 3 is 2.77 bits per heavy atom. The first-order valence-electron chi connectivity index (χ1n) is 8.91. The molecule has 1 saturated heterocycles. The number of benzene rings is 1. The van der Waals surface area contributed by atoms with Gasteiger partial charge in [0.25, 0.3) is 0 Å². The van der Waals surface area contributed by atoms with Gasteiger partial charge in [-0.15, -0.1) is 0 Å². The summed E-state index contributed by atoms with van der Waals surface area (Å²) in [4.78, 5) is 15.9. The molecule has 1 fully saturated rings. The number of anilines is 2. The van der Waals surface area contributed by atoms with Crippen LogP contribution in [-0.4, -0.2) is 33.1 Å². The molecule has 1 aliphatic heterocycles. The predicted molar refractivity (Wildman–Crippen MR) is 104 cm³/mol. The lowest BCUT2D eigenvalue weighted by molar-refractivity contribution is 0.471. The number of aromatic nitrogens is 3. The van der Waals surface area contributed by atoms with Crippen LogP contribution in [0.2, 0.25) is 0 Å². The van der Waals surface area contributed by atoms with Crippen LogP contribution in [0.5, 0.6) is 5.75 Å². The average molecular weight is 349 g/mol. The number of aromatic hydroxyl groups is 1. The molecule has 1 unspecified atom stereocenters. The lowest BCUT2D eigenvalue weighted by atomic mass is 9.97. The topological polar surface area (TPSA) is 88.2 Å². The third-order valence-corrected chi connectivity index (χ3v) is 5.27. The highest BCUT2D eigenvalue weighted by Gasteiger charge is 2.23. The molecular weight excluding hydrogens is 326 g/mol. The van der Waals surface area contributed by atoms with Crippen LogP contribution in [0.4, 0.5) is 11.6 Å². The highest BCUT2D eigenvalue weighted by Crippen LogP contribution is 2.37. The SMILES string of the molecule is Cc1ccc(O)c(C)c1-c1nc(N2CCC(C)C2)cc2c(N)ncnc12. The van der Waals surface area contributed by atoms with Gasteiger partial charge < -0.3 is 15.7 Å². The van der Waals surface area contributed by atoms with Crippen molar-refractivity contribution in [2.24, 2.45) is 5.92 Å². The molecule has 4 rings (SSSR count). The highest BCUT2D eigenvalue weighted by molar-refractivity contribution is 5.99. The lowest BCUT2D eigenvalue weighted by Crippen LogP contribution is -2.20. The maximum atomic E-state index is 10.2. The van der Waals surface area contributed by atoms with Crippen molar-refractivity contribution in [2.45, 2.75) is 27.2 Å².